The molecular formula is C30H31Cl2N3O5S. The van der Waals surface area contributed by atoms with Crippen LogP contribution in [0.15, 0.2) is 77.7 Å². The summed E-state index contributed by atoms with van der Waals surface area (Å²) in [5, 5.41) is 3.70. The molecule has 41 heavy (non-hydrogen) atoms. The molecule has 1 N–H and O–H groups in total. The first-order chi connectivity index (χ1) is 19.6. The zero-order chi connectivity index (χ0) is 29.6. The maximum atomic E-state index is 13.8. The summed E-state index contributed by atoms with van der Waals surface area (Å²) in [6, 6.07) is 19.5. The first-order valence-electron chi connectivity index (χ1n) is 13.3. The summed E-state index contributed by atoms with van der Waals surface area (Å²) in [4.78, 5) is 41.5. The molecule has 0 spiro atoms. The predicted molar refractivity (Wildman–Crippen MR) is 158 cm³/mol. The van der Waals surface area contributed by atoms with Gasteiger partial charge in [0.1, 0.15) is 10.9 Å². The minimum absolute atomic E-state index is 0.0362. The van der Waals surface area contributed by atoms with Crippen molar-refractivity contribution in [3.05, 3.63) is 99.5 Å². The van der Waals surface area contributed by atoms with E-state index in [1.165, 1.54) is 17.0 Å². The Morgan fingerprint density at radius 2 is 1.71 bits per heavy atom. The minimum Gasteiger partial charge on any atom is -0.354 e. The average molecular weight is 617 g/mol. The number of amides is 3. The third-order valence-electron chi connectivity index (χ3n) is 6.84. The van der Waals surface area contributed by atoms with Gasteiger partial charge in [0.05, 0.1) is 5.56 Å². The fourth-order valence-electron chi connectivity index (χ4n) is 4.72. The Bertz CT molecular complexity index is 1530. The second kappa shape index (κ2) is 13.5. The summed E-state index contributed by atoms with van der Waals surface area (Å²) in [6.45, 7) is 2.26. The molecule has 1 heterocycles. The number of nitrogens with zero attached hydrogens (tertiary/aromatic N) is 2. The van der Waals surface area contributed by atoms with E-state index in [4.69, 9.17) is 23.2 Å². The number of sulfonamides is 1. The third kappa shape index (κ3) is 7.09. The highest BCUT2D eigenvalue weighted by Gasteiger charge is 2.40. The lowest BCUT2D eigenvalue weighted by molar-refractivity contribution is -0.141. The Labute approximate surface area is 250 Å². The van der Waals surface area contributed by atoms with Gasteiger partial charge < -0.3 is 10.2 Å². The van der Waals surface area contributed by atoms with Gasteiger partial charge in [-0.1, -0.05) is 78.7 Å². The van der Waals surface area contributed by atoms with Gasteiger partial charge in [0, 0.05) is 42.5 Å². The van der Waals surface area contributed by atoms with Gasteiger partial charge in [-0.25, -0.2) is 12.7 Å². The molecule has 3 aromatic carbocycles. The second-order valence-electron chi connectivity index (χ2n) is 9.74. The van der Waals surface area contributed by atoms with Crippen molar-refractivity contribution in [3.8, 4) is 0 Å². The maximum Gasteiger partial charge on any atom is 0.269 e. The van der Waals surface area contributed by atoms with E-state index in [0.29, 0.717) is 22.2 Å². The van der Waals surface area contributed by atoms with Crippen molar-refractivity contribution in [3.63, 3.8) is 0 Å². The maximum absolute atomic E-state index is 13.8. The van der Waals surface area contributed by atoms with Crippen LogP contribution in [-0.4, -0.2) is 54.5 Å². The quantitative estimate of drug-likeness (QED) is 0.306. The number of hydrogen-bond acceptors (Lipinski definition) is 5. The SMILES string of the molecule is CCCNC(=O)[C@@H](Cc1ccccc1)N(Cc1ccc(Cl)cc1Cl)C(=O)CCCN1C(=O)c2ccccc2S1(=O)=O. The zero-order valence-corrected chi connectivity index (χ0v) is 24.9. The van der Waals surface area contributed by atoms with Gasteiger partial charge in [0.2, 0.25) is 11.8 Å². The molecule has 0 radical (unpaired) electrons. The van der Waals surface area contributed by atoms with E-state index in [-0.39, 0.29) is 54.6 Å². The van der Waals surface area contributed by atoms with E-state index < -0.39 is 22.0 Å². The first-order valence-corrected chi connectivity index (χ1v) is 15.5. The number of benzene rings is 3. The van der Waals surface area contributed by atoms with Crippen molar-refractivity contribution in [2.75, 3.05) is 13.1 Å². The van der Waals surface area contributed by atoms with Crippen molar-refractivity contribution >= 4 is 50.9 Å². The molecule has 3 amide bonds. The molecule has 0 aromatic heterocycles. The van der Waals surface area contributed by atoms with Gasteiger partial charge >= 0.3 is 0 Å². The van der Waals surface area contributed by atoms with E-state index >= 15 is 0 Å². The first kappa shape index (κ1) is 30.6. The lowest BCUT2D eigenvalue weighted by Gasteiger charge is -2.32. The summed E-state index contributed by atoms with van der Waals surface area (Å²) in [5.74, 6) is -1.29. The molecule has 0 fully saturated rings. The molecule has 0 aliphatic carbocycles. The lowest BCUT2D eigenvalue weighted by atomic mass is 10.0. The molecule has 0 bridgehead atoms. The molecule has 3 aromatic rings. The fourth-order valence-corrected chi connectivity index (χ4v) is 6.80. The van der Waals surface area contributed by atoms with Crippen molar-refractivity contribution in [2.24, 2.45) is 0 Å². The highest BCUT2D eigenvalue weighted by molar-refractivity contribution is 7.90. The van der Waals surface area contributed by atoms with Gasteiger partial charge in [-0.15, -0.1) is 0 Å². The van der Waals surface area contributed by atoms with Gasteiger partial charge in [-0.05, 0) is 48.2 Å². The van der Waals surface area contributed by atoms with Crippen molar-refractivity contribution in [2.45, 2.75) is 50.1 Å². The van der Waals surface area contributed by atoms with Crippen LogP contribution < -0.4 is 5.32 Å². The summed E-state index contributed by atoms with van der Waals surface area (Å²) < 4.78 is 26.7. The summed E-state index contributed by atoms with van der Waals surface area (Å²) in [7, 11) is -3.99. The summed E-state index contributed by atoms with van der Waals surface area (Å²) >= 11 is 12.5. The Hall–Kier alpha value is -3.40. The summed E-state index contributed by atoms with van der Waals surface area (Å²) in [5.41, 5.74) is 1.60. The molecule has 0 saturated heterocycles. The standard InChI is InChI=1S/C30H31Cl2N3O5S/c1-2-16-33-29(37)26(18-21-9-4-3-5-10-21)34(20-22-14-15-23(31)19-25(22)32)28(36)13-8-17-35-30(38)24-11-6-7-12-27(24)41(35,39)40/h3-7,9-12,14-15,19,26H,2,8,13,16-18,20H2,1H3,(H,33,37)/t26-/m1/s1. The Morgan fingerprint density at radius 1 is 1.00 bits per heavy atom. The van der Waals surface area contributed by atoms with Gasteiger partial charge in [0.15, 0.2) is 0 Å². The molecule has 1 aliphatic heterocycles. The largest absolute Gasteiger partial charge is 0.354 e. The number of carbonyl (C=O) groups is 3. The summed E-state index contributed by atoms with van der Waals surface area (Å²) in [6.07, 6.45) is 0.980. The predicted octanol–water partition coefficient (Wildman–Crippen LogP) is 5.08. The molecule has 8 nitrogen and oxygen atoms in total. The van der Waals surface area contributed by atoms with E-state index in [1.54, 1.807) is 30.3 Å². The normalized spacial score (nSPS) is 14.4. The van der Waals surface area contributed by atoms with E-state index in [0.717, 1.165) is 16.3 Å². The van der Waals surface area contributed by atoms with Gasteiger partial charge in [0.25, 0.3) is 15.9 Å². The van der Waals surface area contributed by atoms with Gasteiger partial charge in [-0.3, -0.25) is 14.4 Å². The van der Waals surface area contributed by atoms with Crippen LogP contribution >= 0.6 is 23.2 Å². The zero-order valence-electron chi connectivity index (χ0n) is 22.6. The van der Waals surface area contributed by atoms with Crippen molar-refractivity contribution in [1.82, 2.24) is 14.5 Å². The van der Waals surface area contributed by atoms with Crippen LogP contribution in [-0.2, 0) is 32.6 Å². The Morgan fingerprint density at radius 3 is 2.39 bits per heavy atom. The monoisotopic (exact) mass is 615 g/mol. The second-order valence-corrected chi connectivity index (χ2v) is 12.4. The number of nitrogens with one attached hydrogen (secondary N) is 1. The number of fused-ring (bicyclic) bond motifs is 1. The van der Waals surface area contributed by atoms with Crippen LogP contribution in [0.25, 0.3) is 0 Å². The van der Waals surface area contributed by atoms with Crippen LogP contribution in [0.4, 0.5) is 0 Å². The molecule has 0 saturated carbocycles. The molecule has 1 atom stereocenters. The van der Waals surface area contributed by atoms with E-state index in [9.17, 15) is 22.8 Å². The Balaban J connectivity index is 1.58. The highest BCUT2D eigenvalue weighted by atomic mass is 35.5. The molecule has 1 aliphatic rings. The van der Waals surface area contributed by atoms with Crippen LogP contribution in [0, 0.1) is 0 Å². The van der Waals surface area contributed by atoms with Crippen LogP contribution in [0.2, 0.25) is 10.0 Å². The molecule has 216 valence electrons. The van der Waals surface area contributed by atoms with Crippen LogP contribution in [0.5, 0.6) is 0 Å². The highest BCUT2D eigenvalue weighted by Crippen LogP contribution is 2.30. The molecule has 0 unspecified atom stereocenters. The van der Waals surface area contributed by atoms with Crippen molar-refractivity contribution in [1.29, 1.82) is 0 Å². The topological polar surface area (TPSA) is 104 Å². The number of halogens is 2. The number of rotatable bonds is 12. The Kier molecular flexibility index (Phi) is 10.1. The van der Waals surface area contributed by atoms with Gasteiger partial charge in [-0.2, -0.15) is 0 Å². The molecule has 4 rings (SSSR count). The fraction of sp³-hybridized carbons (Fsp3) is 0.300. The van der Waals surface area contributed by atoms with Crippen molar-refractivity contribution < 1.29 is 22.8 Å². The van der Waals surface area contributed by atoms with Crippen LogP contribution in [0.3, 0.4) is 0 Å². The molecular weight excluding hydrogens is 585 g/mol. The van der Waals surface area contributed by atoms with E-state index in [1.807, 2.05) is 37.3 Å². The molecule has 11 heteroatoms. The smallest absolute Gasteiger partial charge is 0.269 e. The average Bonchev–Trinajstić information content (AvgIpc) is 3.15. The van der Waals surface area contributed by atoms with Crippen LogP contribution in [0.1, 0.15) is 47.7 Å². The number of carbonyl (C=O) groups excluding carboxylic acids is 3. The number of hydrogen-bond donors (Lipinski definition) is 1. The lowest BCUT2D eigenvalue weighted by Crippen LogP contribution is -2.50. The minimum atomic E-state index is -3.99. The third-order valence-corrected chi connectivity index (χ3v) is 9.27. The van der Waals surface area contributed by atoms with E-state index in [2.05, 4.69) is 5.32 Å².